The molecule has 20 N–H and O–H groups in total. The summed E-state index contributed by atoms with van der Waals surface area (Å²) in [6.45, 7) is 0. The highest BCUT2D eigenvalue weighted by atomic mass is 16.2. The van der Waals surface area contributed by atoms with Gasteiger partial charge < -0.3 is 55.3 Å². The number of aromatic nitrogens is 6. The Hall–Kier alpha value is -9.88. The molecule has 0 spiro atoms. The molecule has 22 heteroatoms. The average molecular weight is 1000 g/mol. The summed E-state index contributed by atoms with van der Waals surface area (Å²) in [5.41, 5.74) is 21.5. The number of hydrogen-bond donors (Lipinski definition) is 2. The van der Waals surface area contributed by atoms with Crippen LogP contribution in [0.3, 0.4) is 0 Å². The third-order valence-electron chi connectivity index (χ3n) is 11.5. The molecule has 1 saturated carbocycles. The first-order valence-corrected chi connectivity index (χ1v) is 20.4. The van der Waals surface area contributed by atoms with Crippen molar-refractivity contribution in [1.29, 1.82) is 0 Å². The van der Waals surface area contributed by atoms with E-state index in [0.717, 1.165) is 76.2 Å². The number of benzene rings is 9. The second kappa shape index (κ2) is 22.5. The van der Waals surface area contributed by atoms with E-state index in [2.05, 4.69) is 72.8 Å². The van der Waals surface area contributed by atoms with Gasteiger partial charge in [0.25, 0.3) is 34.7 Å². The molecule has 0 radical (unpaired) electrons. The summed E-state index contributed by atoms with van der Waals surface area (Å²) in [5.74, 6) is -10.4. The average Bonchev–Trinajstić information content (AvgIpc) is 3.34. The molecule has 0 bridgehead atoms. The van der Waals surface area contributed by atoms with Crippen molar-refractivity contribution >= 4 is 155 Å². The van der Waals surface area contributed by atoms with Crippen molar-refractivity contribution in [1.82, 2.24) is 29.9 Å². The molecule has 0 unspecified atom stereocenters. The second-order valence-electron chi connectivity index (χ2n) is 15.6. The minimum atomic E-state index is -1.73. The van der Waals surface area contributed by atoms with Crippen molar-refractivity contribution in [3.05, 3.63) is 146 Å². The molecule has 22 nitrogen and oxygen atoms in total. The van der Waals surface area contributed by atoms with Gasteiger partial charge >= 0.3 is 0 Å². The molecule has 13 rings (SSSR count). The molecule has 1 fully saturated rings. The molecule has 0 aliphatic heterocycles. The minimum absolute atomic E-state index is 0. The van der Waals surface area contributed by atoms with Crippen LogP contribution in [0.2, 0.25) is 0 Å². The first-order valence-electron chi connectivity index (χ1n) is 20.4. The lowest BCUT2D eigenvalue weighted by Gasteiger charge is -2.11. The molecular formula is C52H44N8O14. The van der Waals surface area contributed by atoms with Crippen LogP contribution < -0.4 is 11.5 Å². The van der Waals surface area contributed by atoms with E-state index < -0.39 is 34.7 Å². The van der Waals surface area contributed by atoms with Crippen molar-refractivity contribution in [2.75, 3.05) is 11.5 Å². The van der Waals surface area contributed by atoms with Crippen LogP contribution in [-0.2, 0) is 28.8 Å². The Balaban J connectivity index is 0.000000379. The van der Waals surface area contributed by atoms with Crippen molar-refractivity contribution < 1.29 is 72.6 Å². The maximum absolute atomic E-state index is 10.4. The lowest BCUT2D eigenvalue weighted by Crippen LogP contribution is -2.49. The van der Waals surface area contributed by atoms with Crippen LogP contribution in [0, 0.1) is 0 Å². The van der Waals surface area contributed by atoms with E-state index in [9.17, 15) is 28.8 Å². The van der Waals surface area contributed by atoms with Crippen molar-refractivity contribution in [2.24, 2.45) is 0 Å². The van der Waals surface area contributed by atoms with E-state index in [0.29, 0.717) is 44.5 Å². The molecule has 3 heterocycles. The number of fused-ring (bicyclic) bond motifs is 13. The van der Waals surface area contributed by atoms with Crippen LogP contribution in [0.4, 0.5) is 11.4 Å². The molecule has 1 aliphatic rings. The zero-order valence-electron chi connectivity index (χ0n) is 38.1. The van der Waals surface area contributed by atoms with E-state index in [1.54, 1.807) is 0 Å². The maximum Gasteiger partial charge on any atom is 0.281 e. The fraction of sp³-hybridized carbons (Fsp3) is 0. The zero-order valence-corrected chi connectivity index (χ0v) is 38.1. The molecule has 9 aromatic carbocycles. The van der Waals surface area contributed by atoms with Crippen LogP contribution in [0.1, 0.15) is 0 Å². The van der Waals surface area contributed by atoms with Crippen LogP contribution in [0.15, 0.2) is 146 Å². The van der Waals surface area contributed by atoms with Gasteiger partial charge in [0.15, 0.2) is 0 Å². The highest BCUT2D eigenvalue weighted by molar-refractivity contribution is 7.08. The summed E-state index contributed by atoms with van der Waals surface area (Å²) in [5, 5.41) is 8.95. The molecule has 0 saturated heterocycles. The first kappa shape index (κ1) is 58.4. The number of Topliss-reactive ketones (excluding diaryl/α,β-unsaturated/α-hetero) is 6. The maximum atomic E-state index is 10.4. The Morgan fingerprint density at radius 3 is 0.514 bits per heavy atom. The monoisotopic (exact) mass is 1000 g/mol. The quantitative estimate of drug-likeness (QED) is 0.0935. The normalized spacial score (nSPS) is 11.7. The van der Waals surface area contributed by atoms with Gasteiger partial charge in [-0.2, -0.15) is 0 Å². The third-order valence-corrected chi connectivity index (χ3v) is 11.5. The SMILES string of the molecule is Nc1cc2ccccc2cc1N.O.O.O.O.O.O.O.O.O=C1C(=O)C(=O)C(=O)C(=O)C1=O.c1ccc2cc3nc4c(nc3cc2c1)c1nc2cc3ccccc3cc2nc1c1nc2cc3ccccc3cc2nc41. The summed E-state index contributed by atoms with van der Waals surface area (Å²) < 4.78 is 0. The topological polar surface area (TPSA) is 484 Å². The van der Waals surface area contributed by atoms with Crippen LogP contribution in [-0.4, -0.2) is 108 Å². The highest BCUT2D eigenvalue weighted by Gasteiger charge is 2.47. The molecule has 3 aromatic heterocycles. The number of rotatable bonds is 0. The number of carbonyl (C=O) groups excluding carboxylic acids is 6. The molecular weight excluding hydrogens is 961 g/mol. The second-order valence-corrected chi connectivity index (χ2v) is 15.6. The summed E-state index contributed by atoms with van der Waals surface area (Å²) in [6.07, 6.45) is 0. The Bertz CT molecular complexity index is 3570. The van der Waals surface area contributed by atoms with Crippen molar-refractivity contribution in [3.63, 3.8) is 0 Å². The van der Waals surface area contributed by atoms with Gasteiger partial charge in [0.1, 0.15) is 33.1 Å². The highest BCUT2D eigenvalue weighted by Crippen LogP contribution is 2.35. The molecule has 0 amide bonds. The van der Waals surface area contributed by atoms with Gasteiger partial charge in [-0.3, -0.25) is 28.8 Å². The number of carbonyl (C=O) groups is 6. The van der Waals surface area contributed by atoms with Gasteiger partial charge in [-0.15, -0.1) is 0 Å². The van der Waals surface area contributed by atoms with Crippen LogP contribution in [0.25, 0.3) is 109 Å². The minimum Gasteiger partial charge on any atom is -0.412 e. The number of anilines is 2. The van der Waals surface area contributed by atoms with Gasteiger partial charge in [0.2, 0.25) is 0 Å². The Kier molecular flexibility index (Phi) is 17.7. The van der Waals surface area contributed by atoms with E-state index in [1.807, 2.05) is 72.8 Å². The van der Waals surface area contributed by atoms with Crippen LogP contribution >= 0.6 is 0 Å². The third kappa shape index (κ3) is 9.77. The van der Waals surface area contributed by atoms with Gasteiger partial charge in [0.05, 0.1) is 44.5 Å². The largest absolute Gasteiger partial charge is 0.412 e. The Morgan fingerprint density at radius 1 is 0.230 bits per heavy atom. The summed E-state index contributed by atoms with van der Waals surface area (Å²) in [7, 11) is 0. The molecule has 1 aliphatic carbocycles. The molecule has 0 atom stereocenters. The van der Waals surface area contributed by atoms with Crippen molar-refractivity contribution in [3.8, 4) is 0 Å². The van der Waals surface area contributed by atoms with Crippen LogP contribution in [0.5, 0.6) is 0 Å². The van der Waals surface area contributed by atoms with E-state index in [4.69, 9.17) is 41.4 Å². The van der Waals surface area contributed by atoms with Crippen molar-refractivity contribution in [2.45, 2.75) is 0 Å². The number of nitrogen functional groups attached to an aromatic ring is 2. The van der Waals surface area contributed by atoms with Gasteiger partial charge in [-0.25, -0.2) is 29.9 Å². The van der Waals surface area contributed by atoms with Gasteiger partial charge in [-0.05, 0) is 91.6 Å². The zero-order chi connectivity index (χ0) is 45.4. The predicted octanol–water partition coefficient (Wildman–Crippen LogP) is 1.26. The Morgan fingerprint density at radius 2 is 0.365 bits per heavy atom. The number of ketones is 6. The molecule has 12 aromatic rings. The summed E-state index contributed by atoms with van der Waals surface area (Å²) in [4.78, 5) is 93.4. The molecule has 74 heavy (non-hydrogen) atoms. The first-order chi connectivity index (χ1) is 32.0. The molecule has 376 valence electrons. The number of nitrogens with two attached hydrogens (primary N) is 2. The number of nitrogens with zero attached hydrogens (tertiary/aromatic N) is 6. The summed E-state index contributed by atoms with van der Waals surface area (Å²) in [6, 6.07) is 49.2. The lowest BCUT2D eigenvalue weighted by molar-refractivity contribution is -0.158. The standard InChI is InChI=1S/C36H18N6.C10H10N2.C6O6.8H2O/c1-2-8-20-14-26-25(13-19(20)7-1)37-31-32(38-26)34-36(42-30-18-24-12-6-5-11-23(24)17-29(30)40-34)35-33(31)39-27-15-21-9-3-4-10-22(21)16-28(27)41-35;11-9-5-7-3-1-2-4-8(7)6-10(9)12;7-1-2(8)4(10)6(12)5(11)3(1)9;;;;;;;;/h1-18H;1-6H,11-12H2;;8*1H2. The van der Waals surface area contributed by atoms with Gasteiger partial charge in [-0.1, -0.05) is 97.1 Å². The fourth-order valence-corrected chi connectivity index (χ4v) is 8.11. The van der Waals surface area contributed by atoms with E-state index in [1.165, 1.54) is 0 Å². The smallest absolute Gasteiger partial charge is 0.281 e. The Labute approximate surface area is 413 Å². The summed E-state index contributed by atoms with van der Waals surface area (Å²) >= 11 is 0. The predicted molar refractivity (Wildman–Crippen MR) is 282 cm³/mol. The van der Waals surface area contributed by atoms with Gasteiger partial charge in [0, 0.05) is 0 Å². The lowest BCUT2D eigenvalue weighted by atomic mass is 9.93. The van der Waals surface area contributed by atoms with E-state index >= 15 is 0 Å². The fourth-order valence-electron chi connectivity index (χ4n) is 8.11. The van der Waals surface area contributed by atoms with E-state index in [-0.39, 0.29) is 43.8 Å². The number of hydrogen-bond acceptors (Lipinski definition) is 14.